The molecule has 164 valence electrons. The minimum absolute atomic E-state index is 0.0943. The fourth-order valence-corrected chi connectivity index (χ4v) is 4.15. The van der Waals surface area contributed by atoms with Crippen LogP contribution in [-0.4, -0.2) is 53.5 Å². The largest absolute Gasteiger partial charge is 0.361 e. The van der Waals surface area contributed by atoms with E-state index < -0.39 is 5.60 Å². The van der Waals surface area contributed by atoms with Gasteiger partial charge in [-0.05, 0) is 36.2 Å². The zero-order valence-corrected chi connectivity index (χ0v) is 18.2. The summed E-state index contributed by atoms with van der Waals surface area (Å²) in [5, 5.41) is 2.92. The number of benzene rings is 2. The Morgan fingerprint density at radius 1 is 1.06 bits per heavy atom. The highest BCUT2D eigenvalue weighted by Crippen LogP contribution is 2.30. The van der Waals surface area contributed by atoms with Crippen molar-refractivity contribution in [3.8, 4) is 11.1 Å². The molecule has 1 unspecified atom stereocenters. The maximum absolute atomic E-state index is 13.3. The number of aromatic nitrogens is 1. The van der Waals surface area contributed by atoms with Gasteiger partial charge < -0.3 is 15.0 Å². The van der Waals surface area contributed by atoms with Crippen LogP contribution in [0.5, 0.6) is 0 Å². The first kappa shape index (κ1) is 21.7. The first-order valence-corrected chi connectivity index (χ1v) is 10.9. The molecule has 0 aliphatic carbocycles. The zero-order chi connectivity index (χ0) is 22.4. The molecule has 2 aromatic carbocycles. The molecular formula is C26H27N3O3. The average molecular weight is 430 g/mol. The SMILES string of the molecule is CCNC(=O)C1(Cc2ccccc2-c2cccnc2)CN(C(=O)c2ccccc2)CCO1. The van der Waals surface area contributed by atoms with Crippen LogP contribution in [-0.2, 0) is 16.0 Å². The Balaban J connectivity index is 1.68. The maximum atomic E-state index is 13.3. The normalized spacial score (nSPS) is 18.2. The summed E-state index contributed by atoms with van der Waals surface area (Å²) in [7, 11) is 0. The molecule has 1 saturated heterocycles. The van der Waals surface area contributed by atoms with Gasteiger partial charge in [0.25, 0.3) is 11.8 Å². The van der Waals surface area contributed by atoms with Gasteiger partial charge in [-0.3, -0.25) is 14.6 Å². The molecule has 1 aliphatic heterocycles. The van der Waals surface area contributed by atoms with Gasteiger partial charge in [0.15, 0.2) is 5.60 Å². The van der Waals surface area contributed by atoms with E-state index in [1.54, 1.807) is 23.2 Å². The fraction of sp³-hybridized carbons (Fsp3) is 0.269. The standard InChI is InChI=1S/C26H27N3O3/c1-2-28-25(31)26(17-21-11-6-7-13-23(21)22-12-8-14-27-18-22)19-29(15-16-32-26)24(30)20-9-4-3-5-10-20/h3-14,18H,2,15-17,19H2,1H3,(H,28,31). The van der Waals surface area contributed by atoms with E-state index >= 15 is 0 Å². The summed E-state index contributed by atoms with van der Waals surface area (Å²) in [6.45, 7) is 3.30. The number of ether oxygens (including phenoxy) is 1. The van der Waals surface area contributed by atoms with E-state index in [4.69, 9.17) is 4.74 Å². The number of rotatable bonds is 6. The van der Waals surface area contributed by atoms with Gasteiger partial charge >= 0.3 is 0 Å². The summed E-state index contributed by atoms with van der Waals surface area (Å²) in [4.78, 5) is 32.4. The number of likely N-dealkylation sites (N-methyl/N-ethyl adjacent to an activating group) is 1. The van der Waals surface area contributed by atoms with E-state index in [1.165, 1.54) is 0 Å². The first-order valence-electron chi connectivity index (χ1n) is 10.9. The number of carbonyl (C=O) groups is 2. The molecule has 6 nitrogen and oxygen atoms in total. The number of pyridine rings is 1. The molecule has 1 N–H and O–H groups in total. The van der Waals surface area contributed by atoms with Crippen molar-refractivity contribution < 1.29 is 14.3 Å². The van der Waals surface area contributed by atoms with Crippen molar-refractivity contribution in [3.05, 3.63) is 90.3 Å². The predicted molar refractivity (Wildman–Crippen MR) is 123 cm³/mol. The Labute approximate surface area is 188 Å². The van der Waals surface area contributed by atoms with Crippen LogP contribution in [0.1, 0.15) is 22.8 Å². The number of hydrogen-bond donors (Lipinski definition) is 1. The lowest BCUT2D eigenvalue weighted by Gasteiger charge is -2.42. The van der Waals surface area contributed by atoms with E-state index in [-0.39, 0.29) is 18.4 Å². The van der Waals surface area contributed by atoms with E-state index in [2.05, 4.69) is 10.3 Å². The number of nitrogens with zero attached hydrogens (tertiary/aromatic N) is 2. The third-order valence-corrected chi connectivity index (χ3v) is 5.71. The highest BCUT2D eigenvalue weighted by molar-refractivity contribution is 5.95. The number of morpholine rings is 1. The molecule has 2 amide bonds. The Morgan fingerprint density at radius 2 is 1.84 bits per heavy atom. The Hall–Kier alpha value is -3.51. The van der Waals surface area contributed by atoms with Gasteiger partial charge in [-0.25, -0.2) is 0 Å². The van der Waals surface area contributed by atoms with Gasteiger partial charge in [-0.15, -0.1) is 0 Å². The minimum Gasteiger partial charge on any atom is -0.361 e. The minimum atomic E-state index is -1.17. The van der Waals surface area contributed by atoms with Crippen LogP contribution in [0, 0.1) is 0 Å². The molecule has 2 heterocycles. The third kappa shape index (κ3) is 4.55. The molecule has 0 radical (unpaired) electrons. The van der Waals surface area contributed by atoms with E-state index in [1.807, 2.05) is 67.7 Å². The first-order chi connectivity index (χ1) is 15.6. The fourth-order valence-electron chi connectivity index (χ4n) is 4.15. The smallest absolute Gasteiger partial charge is 0.254 e. The highest BCUT2D eigenvalue weighted by atomic mass is 16.5. The summed E-state index contributed by atoms with van der Waals surface area (Å²) in [6.07, 6.45) is 3.90. The Kier molecular flexibility index (Phi) is 6.61. The monoisotopic (exact) mass is 429 g/mol. The Morgan fingerprint density at radius 3 is 2.59 bits per heavy atom. The molecule has 3 aromatic rings. The number of carbonyl (C=O) groups excluding carboxylic acids is 2. The molecule has 0 spiro atoms. The quantitative estimate of drug-likeness (QED) is 0.652. The maximum Gasteiger partial charge on any atom is 0.254 e. The summed E-state index contributed by atoms with van der Waals surface area (Å²) < 4.78 is 6.17. The van der Waals surface area contributed by atoms with Crippen LogP contribution in [0.2, 0.25) is 0 Å². The predicted octanol–water partition coefficient (Wildman–Crippen LogP) is 3.34. The van der Waals surface area contributed by atoms with Gasteiger partial charge in [0.1, 0.15) is 0 Å². The van der Waals surface area contributed by atoms with Crippen LogP contribution in [0.3, 0.4) is 0 Å². The van der Waals surface area contributed by atoms with Crippen LogP contribution in [0.25, 0.3) is 11.1 Å². The lowest BCUT2D eigenvalue weighted by Crippen LogP contribution is -2.62. The molecule has 0 saturated carbocycles. The van der Waals surface area contributed by atoms with Gasteiger partial charge in [0.05, 0.1) is 13.2 Å². The molecule has 6 heteroatoms. The van der Waals surface area contributed by atoms with Crippen molar-refractivity contribution in [2.75, 3.05) is 26.2 Å². The lowest BCUT2D eigenvalue weighted by atomic mass is 9.87. The summed E-state index contributed by atoms with van der Waals surface area (Å²) >= 11 is 0. The van der Waals surface area contributed by atoms with Crippen molar-refractivity contribution in [2.24, 2.45) is 0 Å². The molecule has 4 rings (SSSR count). The van der Waals surface area contributed by atoms with Crippen molar-refractivity contribution in [1.29, 1.82) is 0 Å². The van der Waals surface area contributed by atoms with Crippen LogP contribution in [0.15, 0.2) is 79.1 Å². The van der Waals surface area contributed by atoms with Crippen LogP contribution < -0.4 is 5.32 Å². The van der Waals surface area contributed by atoms with E-state index in [0.717, 1.165) is 16.7 Å². The second-order valence-corrected chi connectivity index (χ2v) is 7.87. The molecule has 1 atom stereocenters. The topological polar surface area (TPSA) is 71.5 Å². The number of amides is 2. The van der Waals surface area contributed by atoms with Gasteiger partial charge in [0.2, 0.25) is 0 Å². The average Bonchev–Trinajstić information content (AvgIpc) is 2.85. The van der Waals surface area contributed by atoms with E-state index in [0.29, 0.717) is 31.7 Å². The van der Waals surface area contributed by atoms with Crippen molar-refractivity contribution >= 4 is 11.8 Å². The lowest BCUT2D eigenvalue weighted by molar-refractivity contribution is -0.157. The van der Waals surface area contributed by atoms with Crippen molar-refractivity contribution in [2.45, 2.75) is 18.9 Å². The second kappa shape index (κ2) is 9.75. The number of hydrogen-bond acceptors (Lipinski definition) is 4. The van der Waals surface area contributed by atoms with Gasteiger partial charge in [0, 0.05) is 43.0 Å². The molecular weight excluding hydrogens is 402 g/mol. The summed E-state index contributed by atoms with van der Waals surface area (Å²) in [5.74, 6) is -0.297. The summed E-state index contributed by atoms with van der Waals surface area (Å²) in [5.41, 5.74) is 2.38. The molecule has 0 bridgehead atoms. The molecule has 1 aliphatic rings. The number of nitrogens with one attached hydrogen (secondary N) is 1. The van der Waals surface area contributed by atoms with Gasteiger partial charge in [-0.2, -0.15) is 0 Å². The highest BCUT2D eigenvalue weighted by Gasteiger charge is 2.45. The van der Waals surface area contributed by atoms with E-state index in [9.17, 15) is 9.59 Å². The molecule has 32 heavy (non-hydrogen) atoms. The summed E-state index contributed by atoms with van der Waals surface area (Å²) in [6, 6.07) is 21.0. The van der Waals surface area contributed by atoms with Crippen molar-refractivity contribution in [1.82, 2.24) is 15.2 Å². The zero-order valence-electron chi connectivity index (χ0n) is 18.2. The Bertz CT molecular complexity index is 1070. The van der Waals surface area contributed by atoms with Crippen molar-refractivity contribution in [3.63, 3.8) is 0 Å². The van der Waals surface area contributed by atoms with Crippen LogP contribution in [0.4, 0.5) is 0 Å². The van der Waals surface area contributed by atoms with Crippen LogP contribution >= 0.6 is 0 Å². The third-order valence-electron chi connectivity index (χ3n) is 5.71. The second-order valence-electron chi connectivity index (χ2n) is 7.87. The molecule has 1 aromatic heterocycles. The molecule has 1 fully saturated rings. The van der Waals surface area contributed by atoms with Gasteiger partial charge in [-0.1, -0.05) is 48.5 Å².